The van der Waals surface area contributed by atoms with E-state index in [2.05, 4.69) is 15.8 Å². The third-order valence-corrected chi connectivity index (χ3v) is 4.52. The van der Waals surface area contributed by atoms with E-state index < -0.39 is 0 Å². The van der Waals surface area contributed by atoms with Crippen LogP contribution in [-0.2, 0) is 6.42 Å². The van der Waals surface area contributed by atoms with E-state index in [1.807, 2.05) is 30.3 Å². The fourth-order valence-corrected chi connectivity index (χ4v) is 3.13. The standard InChI is InChI=1S/C19H25N3O3/c1-24-17-9-5-6-14(12-17)18-13-16(22-25-18)10-11-20-19(23)21-15-7-3-2-4-8-15/h5-6,9,12-13,15H,2-4,7-8,10-11H2,1H3,(H2,20,21,23). The number of hydrogen-bond acceptors (Lipinski definition) is 4. The number of benzene rings is 1. The summed E-state index contributed by atoms with van der Waals surface area (Å²) in [4.78, 5) is 11.9. The molecule has 2 N–H and O–H groups in total. The van der Waals surface area contributed by atoms with E-state index in [1.165, 1.54) is 19.3 Å². The lowest BCUT2D eigenvalue weighted by Crippen LogP contribution is -2.43. The van der Waals surface area contributed by atoms with Crippen LogP contribution >= 0.6 is 0 Å². The maximum absolute atomic E-state index is 11.9. The molecule has 6 nitrogen and oxygen atoms in total. The molecule has 1 saturated carbocycles. The van der Waals surface area contributed by atoms with Gasteiger partial charge in [-0.3, -0.25) is 0 Å². The first kappa shape index (κ1) is 17.3. The van der Waals surface area contributed by atoms with Gasteiger partial charge in [0.25, 0.3) is 0 Å². The van der Waals surface area contributed by atoms with Crippen molar-refractivity contribution in [3.05, 3.63) is 36.0 Å². The quantitative estimate of drug-likeness (QED) is 0.841. The zero-order chi connectivity index (χ0) is 17.5. The van der Waals surface area contributed by atoms with Gasteiger partial charge in [-0.15, -0.1) is 0 Å². The van der Waals surface area contributed by atoms with Crippen molar-refractivity contribution in [3.63, 3.8) is 0 Å². The van der Waals surface area contributed by atoms with Crippen molar-refractivity contribution in [2.24, 2.45) is 0 Å². The second-order valence-electron chi connectivity index (χ2n) is 6.40. The highest BCUT2D eigenvalue weighted by Crippen LogP contribution is 2.24. The van der Waals surface area contributed by atoms with Crippen LogP contribution in [0.4, 0.5) is 4.79 Å². The van der Waals surface area contributed by atoms with Crippen LogP contribution in [-0.4, -0.2) is 30.9 Å². The Balaban J connectivity index is 1.46. The lowest BCUT2D eigenvalue weighted by molar-refractivity contribution is 0.232. The number of carbonyl (C=O) groups is 1. The Kier molecular flexibility index (Phi) is 5.93. The lowest BCUT2D eigenvalue weighted by atomic mass is 9.96. The molecular weight excluding hydrogens is 318 g/mol. The highest BCUT2D eigenvalue weighted by molar-refractivity contribution is 5.74. The fraction of sp³-hybridized carbons (Fsp3) is 0.474. The molecule has 1 fully saturated rings. The number of aromatic nitrogens is 1. The van der Waals surface area contributed by atoms with Crippen molar-refractivity contribution in [1.82, 2.24) is 15.8 Å². The third-order valence-electron chi connectivity index (χ3n) is 4.52. The number of hydrogen-bond donors (Lipinski definition) is 2. The van der Waals surface area contributed by atoms with Crippen LogP contribution in [0.3, 0.4) is 0 Å². The second-order valence-corrected chi connectivity index (χ2v) is 6.40. The Morgan fingerprint density at radius 1 is 1.28 bits per heavy atom. The SMILES string of the molecule is COc1cccc(-c2cc(CCNC(=O)NC3CCCCC3)no2)c1. The zero-order valence-electron chi connectivity index (χ0n) is 14.6. The molecule has 25 heavy (non-hydrogen) atoms. The van der Waals surface area contributed by atoms with Gasteiger partial charge in [-0.1, -0.05) is 36.6 Å². The Bertz CT molecular complexity index is 693. The van der Waals surface area contributed by atoms with Crippen LogP contribution in [0.2, 0.25) is 0 Å². The Hall–Kier alpha value is -2.50. The number of urea groups is 1. The maximum atomic E-state index is 11.9. The summed E-state index contributed by atoms with van der Waals surface area (Å²) >= 11 is 0. The van der Waals surface area contributed by atoms with E-state index in [1.54, 1.807) is 7.11 Å². The van der Waals surface area contributed by atoms with E-state index in [0.29, 0.717) is 24.8 Å². The molecule has 0 radical (unpaired) electrons. The molecule has 0 spiro atoms. The van der Waals surface area contributed by atoms with Gasteiger partial charge >= 0.3 is 6.03 Å². The highest BCUT2D eigenvalue weighted by Gasteiger charge is 2.15. The second kappa shape index (κ2) is 8.55. The summed E-state index contributed by atoms with van der Waals surface area (Å²) < 4.78 is 10.6. The summed E-state index contributed by atoms with van der Waals surface area (Å²) in [5.41, 5.74) is 1.73. The first-order chi connectivity index (χ1) is 12.2. The molecule has 1 heterocycles. The summed E-state index contributed by atoms with van der Waals surface area (Å²) in [6.07, 6.45) is 6.49. The Morgan fingerprint density at radius 3 is 2.92 bits per heavy atom. The van der Waals surface area contributed by atoms with Crippen molar-refractivity contribution in [3.8, 4) is 17.1 Å². The molecule has 0 aliphatic heterocycles. The van der Waals surface area contributed by atoms with Gasteiger partial charge in [0, 0.05) is 30.6 Å². The smallest absolute Gasteiger partial charge is 0.315 e. The monoisotopic (exact) mass is 343 g/mol. The molecule has 0 bridgehead atoms. The topological polar surface area (TPSA) is 76.4 Å². The minimum atomic E-state index is -0.0941. The summed E-state index contributed by atoms with van der Waals surface area (Å²) in [5, 5.41) is 10.0. The Labute approximate surface area is 147 Å². The predicted molar refractivity (Wildman–Crippen MR) is 95.6 cm³/mol. The zero-order valence-corrected chi connectivity index (χ0v) is 14.6. The first-order valence-electron chi connectivity index (χ1n) is 8.89. The number of amides is 2. The van der Waals surface area contributed by atoms with Gasteiger partial charge in [-0.25, -0.2) is 4.79 Å². The van der Waals surface area contributed by atoms with Crippen LogP contribution < -0.4 is 15.4 Å². The van der Waals surface area contributed by atoms with Crippen LogP contribution in [0.15, 0.2) is 34.9 Å². The van der Waals surface area contributed by atoms with Gasteiger partial charge < -0.3 is 19.9 Å². The van der Waals surface area contributed by atoms with Crippen LogP contribution in [0.5, 0.6) is 5.75 Å². The maximum Gasteiger partial charge on any atom is 0.315 e. The fourth-order valence-electron chi connectivity index (χ4n) is 3.13. The minimum Gasteiger partial charge on any atom is -0.497 e. The van der Waals surface area contributed by atoms with E-state index >= 15 is 0 Å². The number of nitrogens with one attached hydrogen (secondary N) is 2. The molecule has 0 unspecified atom stereocenters. The molecule has 0 saturated heterocycles. The predicted octanol–water partition coefficient (Wildman–Crippen LogP) is 3.52. The summed E-state index contributed by atoms with van der Waals surface area (Å²) in [5.74, 6) is 1.47. The summed E-state index contributed by atoms with van der Waals surface area (Å²) in [6, 6.07) is 9.77. The largest absolute Gasteiger partial charge is 0.497 e. The van der Waals surface area contributed by atoms with Gasteiger partial charge in [0.05, 0.1) is 12.8 Å². The van der Waals surface area contributed by atoms with Gasteiger partial charge in [-0.05, 0) is 25.0 Å². The van der Waals surface area contributed by atoms with Crippen LogP contribution in [0.25, 0.3) is 11.3 Å². The van der Waals surface area contributed by atoms with Crippen LogP contribution in [0.1, 0.15) is 37.8 Å². The average Bonchev–Trinajstić information content (AvgIpc) is 3.11. The third kappa shape index (κ3) is 4.98. The number of rotatable bonds is 6. The van der Waals surface area contributed by atoms with Gasteiger partial charge in [0.1, 0.15) is 5.75 Å². The number of nitrogens with zero attached hydrogens (tertiary/aromatic N) is 1. The van der Waals surface area contributed by atoms with Crippen molar-refractivity contribution in [1.29, 1.82) is 0 Å². The van der Waals surface area contributed by atoms with E-state index in [-0.39, 0.29) is 6.03 Å². The van der Waals surface area contributed by atoms with Gasteiger partial charge in [-0.2, -0.15) is 0 Å². The number of ether oxygens (including phenoxy) is 1. The van der Waals surface area contributed by atoms with Gasteiger partial charge in [0.2, 0.25) is 0 Å². The molecule has 1 aliphatic rings. The lowest BCUT2D eigenvalue weighted by Gasteiger charge is -2.22. The molecule has 2 aromatic rings. The molecule has 0 atom stereocenters. The van der Waals surface area contributed by atoms with E-state index in [4.69, 9.17) is 9.26 Å². The van der Waals surface area contributed by atoms with Crippen molar-refractivity contribution in [2.45, 2.75) is 44.6 Å². The molecule has 1 aromatic heterocycles. The van der Waals surface area contributed by atoms with Gasteiger partial charge in [0.15, 0.2) is 5.76 Å². The Morgan fingerprint density at radius 2 is 2.12 bits per heavy atom. The normalized spacial score (nSPS) is 14.9. The molecule has 134 valence electrons. The molecule has 2 amide bonds. The number of carbonyl (C=O) groups excluding carboxylic acids is 1. The van der Waals surface area contributed by atoms with E-state index in [9.17, 15) is 4.79 Å². The highest BCUT2D eigenvalue weighted by atomic mass is 16.5. The molecular formula is C19H25N3O3. The summed E-state index contributed by atoms with van der Waals surface area (Å²) in [6.45, 7) is 0.530. The van der Waals surface area contributed by atoms with Crippen molar-refractivity contribution >= 4 is 6.03 Å². The number of methoxy groups -OCH3 is 1. The first-order valence-corrected chi connectivity index (χ1v) is 8.89. The molecule has 3 rings (SSSR count). The van der Waals surface area contributed by atoms with E-state index in [0.717, 1.165) is 29.8 Å². The minimum absolute atomic E-state index is 0.0941. The molecule has 6 heteroatoms. The summed E-state index contributed by atoms with van der Waals surface area (Å²) in [7, 11) is 1.63. The molecule has 1 aromatic carbocycles. The molecule has 1 aliphatic carbocycles. The van der Waals surface area contributed by atoms with Crippen molar-refractivity contribution < 1.29 is 14.1 Å². The average molecular weight is 343 g/mol. The van der Waals surface area contributed by atoms with Crippen molar-refractivity contribution in [2.75, 3.05) is 13.7 Å². The van der Waals surface area contributed by atoms with Crippen LogP contribution in [0, 0.1) is 0 Å².